The van der Waals surface area contributed by atoms with Gasteiger partial charge in [-0.2, -0.15) is 0 Å². The number of anilines is 1. The topological polar surface area (TPSA) is 63.7 Å². The Morgan fingerprint density at radius 1 is 0.875 bits per heavy atom. The molecule has 158 valence electrons. The fourth-order valence-electron chi connectivity index (χ4n) is 5.80. The Bertz CT molecular complexity index is 1270. The molecule has 0 N–H and O–H groups in total. The fourth-order valence-corrected chi connectivity index (χ4v) is 6.37. The van der Waals surface area contributed by atoms with E-state index in [1.54, 1.807) is 24.3 Å². The molecule has 1 saturated heterocycles. The molecule has 1 heterocycles. The van der Waals surface area contributed by atoms with E-state index in [4.69, 9.17) is 16.3 Å². The molecule has 2 amide bonds. The van der Waals surface area contributed by atoms with Crippen LogP contribution in [0.3, 0.4) is 0 Å². The average molecular weight is 444 g/mol. The summed E-state index contributed by atoms with van der Waals surface area (Å²) in [6, 6.07) is 22.0. The van der Waals surface area contributed by atoms with Gasteiger partial charge in [-0.25, -0.2) is 9.69 Å². The quantitative estimate of drug-likeness (QED) is 0.338. The summed E-state index contributed by atoms with van der Waals surface area (Å²) < 4.78 is 4.74. The molecule has 1 fully saturated rings. The van der Waals surface area contributed by atoms with Crippen LogP contribution in [-0.2, 0) is 19.2 Å². The van der Waals surface area contributed by atoms with E-state index in [9.17, 15) is 14.4 Å². The van der Waals surface area contributed by atoms with Gasteiger partial charge in [0.15, 0.2) is 0 Å². The van der Waals surface area contributed by atoms with Gasteiger partial charge in [-0.3, -0.25) is 9.59 Å². The van der Waals surface area contributed by atoms with Crippen LogP contribution in [0.5, 0.6) is 0 Å². The largest absolute Gasteiger partial charge is 0.465 e. The maximum atomic E-state index is 13.8. The molecule has 1 aliphatic heterocycles. The molecule has 3 aromatic rings. The minimum atomic E-state index is -1.11. The number of amides is 2. The summed E-state index contributed by atoms with van der Waals surface area (Å²) in [4.78, 5) is 39.4. The zero-order valence-corrected chi connectivity index (χ0v) is 17.9. The molecule has 0 radical (unpaired) electrons. The van der Waals surface area contributed by atoms with Crippen LogP contribution in [0, 0.1) is 11.8 Å². The minimum absolute atomic E-state index is 0.233. The third kappa shape index (κ3) is 2.21. The number of nitrogens with zero attached hydrogens (tertiary/aromatic N) is 1. The highest BCUT2D eigenvalue weighted by molar-refractivity contribution is 6.33. The van der Waals surface area contributed by atoms with Crippen molar-refractivity contribution in [2.24, 2.45) is 11.8 Å². The maximum absolute atomic E-state index is 13.8. The van der Waals surface area contributed by atoms with Crippen molar-refractivity contribution in [2.45, 2.75) is 10.8 Å². The SMILES string of the molecule is COC(=O)c1ccc(N2C(=O)[C@@H]3C4c5ccccc5C(Cl)(c5ccccc54)[C@@H]3C2=O)cc1. The van der Waals surface area contributed by atoms with E-state index in [1.807, 2.05) is 48.5 Å². The lowest BCUT2D eigenvalue weighted by Crippen LogP contribution is -2.50. The molecule has 32 heavy (non-hydrogen) atoms. The number of alkyl halides is 1. The standard InChI is InChI=1S/C26H18ClNO4/c1-32-25(31)14-10-12-15(13-11-14)28-23(29)21-20-16-6-2-4-8-18(16)26(27,22(21)24(28)30)19-9-5-3-7-17(19)20/h2-13,20-22H,1H3/t20?,21-,22+,26?/m1/s1. The Labute approximate surface area is 189 Å². The number of carbonyl (C=O) groups excluding carboxylic acids is 3. The minimum Gasteiger partial charge on any atom is -0.465 e. The molecular weight excluding hydrogens is 426 g/mol. The van der Waals surface area contributed by atoms with Crippen LogP contribution >= 0.6 is 11.6 Å². The van der Waals surface area contributed by atoms with E-state index in [2.05, 4.69) is 0 Å². The van der Waals surface area contributed by atoms with E-state index >= 15 is 0 Å². The smallest absolute Gasteiger partial charge is 0.337 e. The second-order valence-electron chi connectivity index (χ2n) is 8.42. The van der Waals surface area contributed by atoms with Gasteiger partial charge in [0.2, 0.25) is 11.8 Å². The van der Waals surface area contributed by atoms with Crippen molar-refractivity contribution < 1.29 is 19.1 Å². The van der Waals surface area contributed by atoms with Crippen molar-refractivity contribution in [1.82, 2.24) is 0 Å². The maximum Gasteiger partial charge on any atom is 0.337 e. The van der Waals surface area contributed by atoms with E-state index in [0.29, 0.717) is 11.3 Å². The zero-order valence-electron chi connectivity index (χ0n) is 17.1. The third-order valence-electron chi connectivity index (χ3n) is 7.06. The van der Waals surface area contributed by atoms with E-state index in [-0.39, 0.29) is 17.7 Å². The summed E-state index contributed by atoms with van der Waals surface area (Å²) in [5.41, 5.74) is 4.58. The third-order valence-corrected chi connectivity index (χ3v) is 7.70. The van der Waals surface area contributed by atoms with Crippen LogP contribution in [-0.4, -0.2) is 24.9 Å². The van der Waals surface area contributed by atoms with Crippen molar-refractivity contribution in [2.75, 3.05) is 12.0 Å². The summed E-state index contributed by atoms with van der Waals surface area (Å²) in [6.07, 6.45) is 0. The predicted molar refractivity (Wildman–Crippen MR) is 119 cm³/mol. The van der Waals surface area contributed by atoms with Gasteiger partial charge in [0.25, 0.3) is 0 Å². The predicted octanol–water partition coefficient (Wildman–Crippen LogP) is 4.22. The molecular formula is C26H18ClNO4. The van der Waals surface area contributed by atoms with E-state index in [0.717, 1.165) is 22.3 Å². The number of imide groups is 1. The molecule has 0 unspecified atom stereocenters. The first-order chi connectivity index (χ1) is 15.5. The van der Waals surface area contributed by atoms with Crippen molar-refractivity contribution in [1.29, 1.82) is 0 Å². The van der Waals surface area contributed by atoms with Gasteiger partial charge in [-0.15, -0.1) is 11.6 Å². The molecule has 6 heteroatoms. The van der Waals surface area contributed by atoms with Crippen LogP contribution in [0.4, 0.5) is 5.69 Å². The number of methoxy groups -OCH3 is 1. The average Bonchev–Trinajstić information content (AvgIpc) is 3.10. The number of carbonyl (C=O) groups is 3. The first-order valence-corrected chi connectivity index (χ1v) is 10.8. The number of hydrogen-bond acceptors (Lipinski definition) is 4. The molecule has 5 nitrogen and oxygen atoms in total. The summed E-state index contributed by atoms with van der Waals surface area (Å²) in [5.74, 6) is -2.56. The molecule has 3 aliphatic carbocycles. The molecule has 4 aliphatic rings. The second kappa shape index (κ2) is 6.53. The molecule has 2 bridgehead atoms. The number of halogens is 1. The van der Waals surface area contributed by atoms with Gasteiger partial charge in [0.1, 0.15) is 4.87 Å². The number of rotatable bonds is 2. The van der Waals surface area contributed by atoms with Gasteiger partial charge in [-0.1, -0.05) is 48.5 Å². The van der Waals surface area contributed by atoms with Gasteiger partial charge in [-0.05, 0) is 46.5 Å². The lowest BCUT2D eigenvalue weighted by molar-refractivity contribution is -0.122. The highest BCUT2D eigenvalue weighted by Gasteiger charge is 2.67. The fraction of sp³-hybridized carbons (Fsp3) is 0.192. The van der Waals surface area contributed by atoms with Crippen LogP contribution in [0.1, 0.15) is 38.5 Å². The van der Waals surface area contributed by atoms with Crippen molar-refractivity contribution in [3.05, 3.63) is 101 Å². The van der Waals surface area contributed by atoms with Crippen molar-refractivity contribution in [3.8, 4) is 0 Å². The van der Waals surface area contributed by atoms with Gasteiger partial charge in [0.05, 0.1) is 30.2 Å². The van der Waals surface area contributed by atoms with Gasteiger partial charge >= 0.3 is 5.97 Å². The van der Waals surface area contributed by atoms with Crippen molar-refractivity contribution >= 4 is 35.1 Å². The molecule has 3 aromatic carbocycles. The molecule has 2 atom stereocenters. The normalized spacial score (nSPS) is 27.1. The molecule has 0 spiro atoms. The Kier molecular flexibility index (Phi) is 3.93. The van der Waals surface area contributed by atoms with Crippen molar-refractivity contribution in [3.63, 3.8) is 0 Å². The van der Waals surface area contributed by atoms with Gasteiger partial charge < -0.3 is 4.74 Å². The number of ether oxygens (including phenoxy) is 1. The zero-order chi connectivity index (χ0) is 22.2. The Morgan fingerprint density at radius 3 is 2.00 bits per heavy atom. The van der Waals surface area contributed by atoms with E-state index in [1.165, 1.54) is 12.0 Å². The van der Waals surface area contributed by atoms with Gasteiger partial charge in [0, 0.05) is 5.92 Å². The summed E-state index contributed by atoms with van der Waals surface area (Å²) in [6.45, 7) is 0. The summed E-state index contributed by atoms with van der Waals surface area (Å²) in [7, 11) is 1.31. The Balaban J connectivity index is 1.52. The van der Waals surface area contributed by atoms with E-state index < -0.39 is 22.7 Å². The van der Waals surface area contributed by atoms with Crippen LogP contribution < -0.4 is 4.90 Å². The lowest BCUT2D eigenvalue weighted by Gasteiger charge is -2.50. The first-order valence-electron chi connectivity index (χ1n) is 10.4. The van der Waals surface area contributed by atoms with Crippen LogP contribution in [0.25, 0.3) is 0 Å². The number of hydrogen-bond donors (Lipinski definition) is 0. The lowest BCUT2D eigenvalue weighted by atomic mass is 9.54. The summed E-state index contributed by atoms with van der Waals surface area (Å²) >= 11 is 7.40. The van der Waals surface area contributed by atoms with Crippen LogP contribution in [0.2, 0.25) is 0 Å². The number of benzene rings is 3. The highest BCUT2D eigenvalue weighted by atomic mass is 35.5. The highest BCUT2D eigenvalue weighted by Crippen LogP contribution is 2.65. The summed E-state index contributed by atoms with van der Waals surface area (Å²) in [5, 5.41) is 0. The molecule has 7 rings (SSSR count). The molecule has 0 aromatic heterocycles. The first kappa shape index (κ1) is 19.3. The second-order valence-corrected chi connectivity index (χ2v) is 9.01. The monoisotopic (exact) mass is 443 g/mol. The molecule has 0 saturated carbocycles. The number of esters is 1. The van der Waals surface area contributed by atoms with Crippen LogP contribution in [0.15, 0.2) is 72.8 Å². The Hall–Kier alpha value is -3.44. The Morgan fingerprint density at radius 2 is 1.44 bits per heavy atom.